The van der Waals surface area contributed by atoms with Gasteiger partial charge in [-0.15, -0.1) is 0 Å². The van der Waals surface area contributed by atoms with E-state index in [9.17, 15) is 4.79 Å². The second-order valence-electron chi connectivity index (χ2n) is 7.98. The number of carbonyl (C=O) groups is 1. The first-order valence-electron chi connectivity index (χ1n) is 9.10. The van der Waals surface area contributed by atoms with Crippen LogP contribution in [0.15, 0.2) is 0 Å². The second kappa shape index (κ2) is 5.35. The van der Waals surface area contributed by atoms with Crippen LogP contribution < -0.4 is 0 Å². The van der Waals surface area contributed by atoms with Crippen molar-refractivity contribution in [2.45, 2.75) is 76.7 Å². The van der Waals surface area contributed by atoms with Crippen LogP contribution in [-0.2, 0) is 4.79 Å². The number of amides is 1. The molecule has 2 heteroatoms. The Kier molecular flexibility index (Phi) is 3.52. The third-order valence-corrected chi connectivity index (χ3v) is 6.88. The largest absolute Gasteiger partial charge is 0.339 e. The van der Waals surface area contributed by atoms with Gasteiger partial charge in [0.2, 0.25) is 5.91 Å². The van der Waals surface area contributed by atoms with Gasteiger partial charge in [0.25, 0.3) is 0 Å². The molecule has 20 heavy (non-hydrogen) atoms. The Hall–Kier alpha value is -0.530. The van der Waals surface area contributed by atoms with Gasteiger partial charge in [0.05, 0.1) is 0 Å². The molecule has 1 aliphatic heterocycles. The smallest absolute Gasteiger partial charge is 0.223 e. The van der Waals surface area contributed by atoms with E-state index in [0.717, 1.165) is 36.6 Å². The molecular weight excluding hydrogens is 246 g/mol. The van der Waals surface area contributed by atoms with Crippen molar-refractivity contribution in [1.82, 2.24) is 4.90 Å². The molecule has 1 amide bonds. The normalized spacial score (nSPS) is 43.6. The molecule has 112 valence electrons. The van der Waals surface area contributed by atoms with Crippen LogP contribution in [0.1, 0.15) is 70.6 Å². The van der Waals surface area contributed by atoms with Gasteiger partial charge in [-0.1, -0.05) is 19.3 Å². The maximum Gasteiger partial charge on any atom is 0.223 e. The van der Waals surface area contributed by atoms with Crippen LogP contribution >= 0.6 is 0 Å². The summed E-state index contributed by atoms with van der Waals surface area (Å²) in [6.45, 7) is 1.06. The third kappa shape index (κ3) is 2.29. The Balaban J connectivity index is 1.39. The second-order valence-corrected chi connectivity index (χ2v) is 7.98. The highest BCUT2D eigenvalue weighted by Gasteiger charge is 2.42. The molecule has 0 aromatic heterocycles. The van der Waals surface area contributed by atoms with Crippen molar-refractivity contribution in [2.75, 3.05) is 6.54 Å². The van der Waals surface area contributed by atoms with Gasteiger partial charge in [-0.3, -0.25) is 4.79 Å². The number of hydrogen-bond acceptors (Lipinski definition) is 1. The van der Waals surface area contributed by atoms with E-state index in [1.165, 1.54) is 64.2 Å². The molecule has 1 heterocycles. The van der Waals surface area contributed by atoms with Crippen molar-refractivity contribution in [3.8, 4) is 0 Å². The van der Waals surface area contributed by atoms with Crippen LogP contribution in [0.2, 0.25) is 0 Å². The number of nitrogens with zero attached hydrogens (tertiary/aromatic N) is 1. The van der Waals surface area contributed by atoms with Gasteiger partial charge in [0.1, 0.15) is 0 Å². The monoisotopic (exact) mass is 275 g/mol. The molecule has 2 nitrogen and oxygen atoms in total. The summed E-state index contributed by atoms with van der Waals surface area (Å²) in [5.74, 6) is 3.96. The third-order valence-electron chi connectivity index (χ3n) is 6.88. The quantitative estimate of drug-likeness (QED) is 0.746. The minimum Gasteiger partial charge on any atom is -0.339 e. The summed E-state index contributed by atoms with van der Waals surface area (Å²) in [6.07, 6.45) is 14.6. The number of carbonyl (C=O) groups excluding carboxylic acids is 1. The van der Waals surface area contributed by atoms with Crippen LogP contribution in [0.5, 0.6) is 0 Å². The molecule has 1 saturated heterocycles. The van der Waals surface area contributed by atoms with E-state index in [1.54, 1.807) is 0 Å². The molecule has 0 N–H and O–H groups in total. The van der Waals surface area contributed by atoms with E-state index in [0.29, 0.717) is 11.9 Å². The summed E-state index contributed by atoms with van der Waals surface area (Å²) >= 11 is 0. The number of fused-ring (bicyclic) bond motifs is 3. The Morgan fingerprint density at radius 3 is 2.55 bits per heavy atom. The first-order chi connectivity index (χ1) is 9.81. The fourth-order valence-electron chi connectivity index (χ4n) is 5.90. The van der Waals surface area contributed by atoms with E-state index in [4.69, 9.17) is 0 Å². The van der Waals surface area contributed by atoms with Gasteiger partial charge in [0, 0.05) is 19.0 Å². The molecule has 5 atom stereocenters. The zero-order valence-electron chi connectivity index (χ0n) is 12.7. The summed E-state index contributed by atoms with van der Waals surface area (Å²) in [7, 11) is 0. The van der Waals surface area contributed by atoms with Crippen molar-refractivity contribution in [3.05, 3.63) is 0 Å². The van der Waals surface area contributed by atoms with Crippen molar-refractivity contribution in [3.63, 3.8) is 0 Å². The minimum absolute atomic E-state index is 0.513. The SMILES string of the molecule is O=C(CC1CC2CCC1C2)N1CCCC2CCCCC21. The average Bonchev–Trinajstić information content (AvgIpc) is 3.09. The topological polar surface area (TPSA) is 20.3 Å². The van der Waals surface area contributed by atoms with Gasteiger partial charge in [-0.05, 0) is 68.6 Å². The van der Waals surface area contributed by atoms with Crippen LogP contribution in [-0.4, -0.2) is 23.4 Å². The average molecular weight is 275 g/mol. The Morgan fingerprint density at radius 1 is 0.900 bits per heavy atom. The molecule has 0 aromatic rings. The van der Waals surface area contributed by atoms with Crippen LogP contribution in [0.4, 0.5) is 0 Å². The number of hydrogen-bond donors (Lipinski definition) is 0. The molecular formula is C18H29NO. The highest BCUT2D eigenvalue weighted by molar-refractivity contribution is 5.77. The van der Waals surface area contributed by atoms with Crippen molar-refractivity contribution >= 4 is 5.91 Å². The maximum absolute atomic E-state index is 12.8. The van der Waals surface area contributed by atoms with E-state index < -0.39 is 0 Å². The molecule has 4 aliphatic rings. The molecule has 0 spiro atoms. The van der Waals surface area contributed by atoms with Crippen molar-refractivity contribution in [2.24, 2.45) is 23.7 Å². The summed E-state index contributed by atoms with van der Waals surface area (Å²) in [5, 5.41) is 0. The molecule has 4 rings (SSSR count). The van der Waals surface area contributed by atoms with E-state index in [1.807, 2.05) is 0 Å². The lowest BCUT2D eigenvalue weighted by Gasteiger charge is -2.44. The lowest BCUT2D eigenvalue weighted by molar-refractivity contribution is -0.139. The first kappa shape index (κ1) is 13.2. The minimum atomic E-state index is 0.513. The Labute approximate surface area is 123 Å². The highest BCUT2D eigenvalue weighted by atomic mass is 16.2. The van der Waals surface area contributed by atoms with Crippen molar-refractivity contribution in [1.29, 1.82) is 0 Å². The summed E-state index contributed by atoms with van der Waals surface area (Å²) in [4.78, 5) is 15.1. The number of piperidine rings is 1. The van der Waals surface area contributed by atoms with Gasteiger partial charge >= 0.3 is 0 Å². The van der Waals surface area contributed by atoms with Gasteiger partial charge in [-0.25, -0.2) is 0 Å². The van der Waals surface area contributed by atoms with Crippen LogP contribution in [0.3, 0.4) is 0 Å². The molecule has 3 aliphatic carbocycles. The predicted octanol–water partition coefficient (Wildman–Crippen LogP) is 3.99. The summed E-state index contributed by atoms with van der Waals surface area (Å²) in [5.41, 5.74) is 0. The van der Waals surface area contributed by atoms with Crippen LogP contribution in [0, 0.1) is 23.7 Å². The number of rotatable bonds is 2. The summed E-state index contributed by atoms with van der Waals surface area (Å²) in [6, 6.07) is 0.614. The molecule has 5 unspecified atom stereocenters. The standard InChI is InChI=1S/C18H29NO/c20-18(12-16-11-13-7-8-15(16)10-13)19-9-3-5-14-4-1-2-6-17(14)19/h13-17H,1-12H2. The zero-order chi connectivity index (χ0) is 13.5. The molecule has 4 fully saturated rings. The van der Waals surface area contributed by atoms with E-state index in [-0.39, 0.29) is 0 Å². The van der Waals surface area contributed by atoms with Crippen LogP contribution in [0.25, 0.3) is 0 Å². The van der Waals surface area contributed by atoms with Gasteiger partial charge in [0.15, 0.2) is 0 Å². The highest BCUT2D eigenvalue weighted by Crippen LogP contribution is 2.50. The zero-order valence-corrected chi connectivity index (χ0v) is 12.7. The molecule has 0 aromatic carbocycles. The maximum atomic E-state index is 12.8. The fraction of sp³-hybridized carbons (Fsp3) is 0.944. The first-order valence-corrected chi connectivity index (χ1v) is 9.10. The fourth-order valence-corrected chi connectivity index (χ4v) is 5.90. The number of likely N-dealkylation sites (tertiary alicyclic amines) is 1. The Bertz CT molecular complexity index is 378. The Morgan fingerprint density at radius 2 is 1.75 bits per heavy atom. The molecule has 2 bridgehead atoms. The van der Waals surface area contributed by atoms with Crippen molar-refractivity contribution < 1.29 is 4.79 Å². The van der Waals surface area contributed by atoms with Gasteiger partial charge < -0.3 is 4.90 Å². The van der Waals surface area contributed by atoms with E-state index >= 15 is 0 Å². The lowest BCUT2D eigenvalue weighted by Crippen LogP contribution is -2.50. The lowest BCUT2D eigenvalue weighted by atomic mass is 9.77. The van der Waals surface area contributed by atoms with E-state index in [2.05, 4.69) is 4.90 Å². The molecule has 3 saturated carbocycles. The summed E-state index contributed by atoms with van der Waals surface area (Å²) < 4.78 is 0. The predicted molar refractivity (Wildman–Crippen MR) is 80.2 cm³/mol. The molecule has 0 radical (unpaired) electrons. The van der Waals surface area contributed by atoms with Gasteiger partial charge in [-0.2, -0.15) is 0 Å².